The monoisotopic (exact) mass is 280 g/mol. The topological polar surface area (TPSA) is 62.1 Å². The van der Waals surface area contributed by atoms with Crippen LogP contribution in [0.25, 0.3) is 0 Å². The molecule has 1 N–H and O–H groups in total. The SMILES string of the molecule is CC(C#N)c1cc(NC(=O)OC(C)(C)C)ccc1Cl. The first-order valence-electron chi connectivity index (χ1n) is 5.92. The Kier molecular flexibility index (Phi) is 4.79. The van der Waals surface area contributed by atoms with Crippen LogP contribution < -0.4 is 5.32 Å². The van der Waals surface area contributed by atoms with Gasteiger partial charge in [-0.2, -0.15) is 5.26 Å². The highest BCUT2D eigenvalue weighted by atomic mass is 35.5. The van der Waals surface area contributed by atoms with Gasteiger partial charge in [0, 0.05) is 10.7 Å². The molecule has 0 aliphatic carbocycles. The van der Waals surface area contributed by atoms with Crippen molar-refractivity contribution in [2.75, 3.05) is 5.32 Å². The lowest BCUT2D eigenvalue weighted by Crippen LogP contribution is -2.27. The maximum atomic E-state index is 11.6. The molecule has 0 radical (unpaired) electrons. The van der Waals surface area contributed by atoms with Crippen molar-refractivity contribution in [1.82, 2.24) is 0 Å². The normalized spacial score (nSPS) is 12.4. The van der Waals surface area contributed by atoms with E-state index in [1.165, 1.54) is 0 Å². The first-order valence-corrected chi connectivity index (χ1v) is 6.30. The van der Waals surface area contributed by atoms with Crippen molar-refractivity contribution in [1.29, 1.82) is 5.26 Å². The van der Waals surface area contributed by atoms with Gasteiger partial charge < -0.3 is 4.74 Å². The highest BCUT2D eigenvalue weighted by Crippen LogP contribution is 2.27. The quantitative estimate of drug-likeness (QED) is 0.878. The third kappa shape index (κ3) is 4.80. The second kappa shape index (κ2) is 5.94. The Bertz CT molecular complexity index is 515. The molecule has 0 spiro atoms. The maximum Gasteiger partial charge on any atom is 0.412 e. The van der Waals surface area contributed by atoms with Gasteiger partial charge in [-0.25, -0.2) is 4.79 Å². The van der Waals surface area contributed by atoms with Crippen LogP contribution in [0.4, 0.5) is 10.5 Å². The first kappa shape index (κ1) is 15.3. The zero-order valence-corrected chi connectivity index (χ0v) is 12.2. The summed E-state index contributed by atoms with van der Waals surface area (Å²) in [5.41, 5.74) is 0.674. The summed E-state index contributed by atoms with van der Waals surface area (Å²) in [5.74, 6) is -0.340. The predicted octanol–water partition coefficient (Wildman–Crippen LogP) is 4.31. The van der Waals surface area contributed by atoms with Crippen LogP contribution in [0, 0.1) is 11.3 Å². The molecule has 1 atom stereocenters. The average Bonchev–Trinajstić information content (AvgIpc) is 2.28. The van der Waals surface area contributed by atoms with Gasteiger partial charge in [0.2, 0.25) is 0 Å². The van der Waals surface area contributed by atoms with Crippen LogP contribution in [0.2, 0.25) is 5.02 Å². The highest BCUT2D eigenvalue weighted by molar-refractivity contribution is 6.31. The summed E-state index contributed by atoms with van der Waals surface area (Å²) in [5, 5.41) is 12.0. The molecule has 1 aromatic rings. The molecule has 0 saturated heterocycles. The number of ether oxygens (including phenoxy) is 1. The van der Waals surface area contributed by atoms with Crippen molar-refractivity contribution in [2.24, 2.45) is 0 Å². The number of carbonyl (C=O) groups excluding carboxylic acids is 1. The minimum atomic E-state index is -0.556. The Balaban J connectivity index is 2.86. The number of rotatable bonds is 2. The third-order valence-electron chi connectivity index (χ3n) is 2.30. The van der Waals surface area contributed by atoms with Crippen LogP contribution in [0.5, 0.6) is 0 Å². The zero-order valence-electron chi connectivity index (χ0n) is 11.5. The maximum absolute atomic E-state index is 11.6. The van der Waals surface area contributed by atoms with Gasteiger partial charge in [-0.3, -0.25) is 5.32 Å². The number of anilines is 1. The Labute approximate surface area is 118 Å². The van der Waals surface area contributed by atoms with E-state index in [1.54, 1.807) is 45.9 Å². The average molecular weight is 281 g/mol. The van der Waals surface area contributed by atoms with Crippen LogP contribution in [0.1, 0.15) is 39.2 Å². The van der Waals surface area contributed by atoms with E-state index in [0.717, 1.165) is 0 Å². The van der Waals surface area contributed by atoms with Gasteiger partial charge in [0.15, 0.2) is 0 Å². The van der Waals surface area contributed by atoms with Gasteiger partial charge in [-0.15, -0.1) is 0 Å². The molecular formula is C14H17ClN2O2. The van der Waals surface area contributed by atoms with E-state index in [-0.39, 0.29) is 5.92 Å². The molecule has 0 saturated carbocycles. The molecule has 0 heterocycles. The lowest BCUT2D eigenvalue weighted by molar-refractivity contribution is 0.0636. The Hall–Kier alpha value is -1.73. The number of amides is 1. The lowest BCUT2D eigenvalue weighted by Gasteiger charge is -2.20. The molecule has 0 fully saturated rings. The van der Waals surface area contributed by atoms with Gasteiger partial charge in [0.1, 0.15) is 5.60 Å². The fourth-order valence-corrected chi connectivity index (χ4v) is 1.73. The van der Waals surface area contributed by atoms with Crippen LogP contribution in [-0.4, -0.2) is 11.7 Å². The molecule has 102 valence electrons. The Morgan fingerprint density at radius 2 is 2.11 bits per heavy atom. The van der Waals surface area contributed by atoms with Crippen molar-refractivity contribution in [3.63, 3.8) is 0 Å². The summed E-state index contributed by atoms with van der Waals surface area (Å²) in [6, 6.07) is 7.11. The number of benzene rings is 1. The van der Waals surface area contributed by atoms with Gasteiger partial charge in [-0.05, 0) is 51.5 Å². The summed E-state index contributed by atoms with van der Waals surface area (Å²) in [4.78, 5) is 11.6. The van der Waals surface area contributed by atoms with Crippen molar-refractivity contribution in [2.45, 2.75) is 39.2 Å². The predicted molar refractivity (Wildman–Crippen MR) is 75.3 cm³/mol. The van der Waals surface area contributed by atoms with E-state index < -0.39 is 11.7 Å². The van der Waals surface area contributed by atoms with Crippen LogP contribution in [0.3, 0.4) is 0 Å². The number of halogens is 1. The summed E-state index contributed by atoms with van der Waals surface area (Å²) in [6.45, 7) is 7.12. The number of hydrogen-bond donors (Lipinski definition) is 1. The van der Waals surface area contributed by atoms with Crippen molar-refractivity contribution >= 4 is 23.4 Å². The number of nitrogens with one attached hydrogen (secondary N) is 1. The molecule has 1 rings (SSSR count). The van der Waals surface area contributed by atoms with Crippen LogP contribution >= 0.6 is 11.6 Å². The van der Waals surface area contributed by atoms with E-state index in [0.29, 0.717) is 16.3 Å². The van der Waals surface area contributed by atoms with Crippen molar-refractivity contribution in [3.8, 4) is 6.07 Å². The number of nitrogens with zero attached hydrogens (tertiary/aromatic N) is 1. The van der Waals surface area contributed by atoms with Gasteiger partial charge in [0.05, 0.1) is 12.0 Å². The first-order chi connectivity index (χ1) is 8.73. The number of hydrogen-bond acceptors (Lipinski definition) is 3. The zero-order chi connectivity index (χ0) is 14.6. The van der Waals surface area contributed by atoms with E-state index >= 15 is 0 Å². The molecule has 19 heavy (non-hydrogen) atoms. The largest absolute Gasteiger partial charge is 0.444 e. The second-order valence-electron chi connectivity index (χ2n) is 5.21. The fraction of sp³-hybridized carbons (Fsp3) is 0.429. The molecule has 1 amide bonds. The summed E-state index contributed by atoms with van der Waals surface area (Å²) >= 11 is 6.02. The molecule has 0 aliphatic heterocycles. The van der Waals surface area contributed by atoms with Crippen LogP contribution in [-0.2, 0) is 4.74 Å². The smallest absolute Gasteiger partial charge is 0.412 e. The Morgan fingerprint density at radius 3 is 2.63 bits per heavy atom. The molecule has 0 aliphatic rings. The van der Waals surface area contributed by atoms with Gasteiger partial charge in [-0.1, -0.05) is 11.6 Å². The molecular weight excluding hydrogens is 264 g/mol. The Morgan fingerprint density at radius 1 is 1.47 bits per heavy atom. The summed E-state index contributed by atoms with van der Waals surface area (Å²) in [7, 11) is 0. The number of carbonyl (C=O) groups is 1. The molecule has 4 nitrogen and oxygen atoms in total. The van der Waals surface area contributed by atoms with E-state index in [9.17, 15) is 4.79 Å². The molecule has 0 bridgehead atoms. The van der Waals surface area contributed by atoms with E-state index in [2.05, 4.69) is 11.4 Å². The van der Waals surface area contributed by atoms with E-state index in [1.807, 2.05) is 0 Å². The molecule has 5 heteroatoms. The minimum absolute atomic E-state index is 0.340. The van der Waals surface area contributed by atoms with Crippen molar-refractivity contribution < 1.29 is 9.53 Å². The summed E-state index contributed by atoms with van der Waals surface area (Å²) < 4.78 is 5.15. The number of nitriles is 1. The molecule has 1 aromatic carbocycles. The van der Waals surface area contributed by atoms with E-state index in [4.69, 9.17) is 21.6 Å². The van der Waals surface area contributed by atoms with Crippen molar-refractivity contribution in [3.05, 3.63) is 28.8 Å². The van der Waals surface area contributed by atoms with Gasteiger partial charge >= 0.3 is 6.09 Å². The van der Waals surface area contributed by atoms with Crippen LogP contribution in [0.15, 0.2) is 18.2 Å². The fourth-order valence-electron chi connectivity index (χ4n) is 1.44. The molecule has 0 aromatic heterocycles. The third-order valence-corrected chi connectivity index (χ3v) is 2.65. The summed E-state index contributed by atoms with van der Waals surface area (Å²) in [6.07, 6.45) is -0.537. The molecule has 1 unspecified atom stereocenters. The lowest BCUT2D eigenvalue weighted by atomic mass is 10.0. The second-order valence-corrected chi connectivity index (χ2v) is 5.62. The highest BCUT2D eigenvalue weighted by Gasteiger charge is 2.17. The minimum Gasteiger partial charge on any atom is -0.444 e. The van der Waals surface area contributed by atoms with Gasteiger partial charge in [0.25, 0.3) is 0 Å². The standard InChI is InChI=1S/C14H17ClN2O2/c1-9(8-16)11-7-10(5-6-12(11)15)17-13(18)19-14(2,3)4/h5-7,9H,1-4H3,(H,17,18).